The third-order valence-corrected chi connectivity index (χ3v) is 24.8. The van der Waals surface area contributed by atoms with Crippen molar-refractivity contribution in [2.24, 2.45) is 29.0 Å². The zero-order chi connectivity index (χ0) is 94.1. The number of carboxylic acid groups (broad SMARTS) is 1. The summed E-state index contributed by atoms with van der Waals surface area (Å²) in [5.41, 5.74) is 18.4. The predicted octanol–water partition coefficient (Wildman–Crippen LogP) is 0.180. The molecule has 3 aliphatic heterocycles. The molecule has 2 aromatic heterocycles. The van der Waals surface area contributed by atoms with Gasteiger partial charge in [-0.25, -0.2) is 0 Å². The summed E-state index contributed by atoms with van der Waals surface area (Å²) in [7, 11) is 4.09. The lowest BCUT2D eigenvalue weighted by atomic mass is 9.98. The Kier molecular flexibility index (Phi) is 37.8. The zero-order valence-electron chi connectivity index (χ0n) is 74.9. The van der Waals surface area contributed by atoms with Crippen LogP contribution in [0.2, 0.25) is 0 Å². The number of carbonyl (C=O) groups is 16. The van der Waals surface area contributed by atoms with Gasteiger partial charge >= 0.3 is 5.97 Å². The maximum absolute atomic E-state index is 15.9. The first-order valence-electron chi connectivity index (χ1n) is 43.9. The van der Waals surface area contributed by atoms with Crippen LogP contribution in [0.3, 0.4) is 0 Å². The van der Waals surface area contributed by atoms with Crippen LogP contribution in [0.4, 0.5) is 0 Å². The number of phenolic OH excluding ortho intramolecular Hbond substituents is 1. The number of likely N-dealkylation sites (N-methyl/N-ethyl adjacent to an activating group) is 3. The molecule has 39 heteroatoms. The summed E-state index contributed by atoms with van der Waals surface area (Å²) < 4.78 is 1.46. The summed E-state index contributed by atoms with van der Waals surface area (Å²) in [4.78, 5) is 243. The van der Waals surface area contributed by atoms with Gasteiger partial charge in [-0.3, -0.25) is 82.0 Å². The molecule has 14 amide bonds. The highest BCUT2D eigenvalue weighted by Crippen LogP contribution is 2.32. The number of benzene rings is 3. The number of rotatable bonds is 24. The number of aromatic amines is 1. The topological polar surface area (TPSA) is 557 Å². The number of H-pyrrole nitrogens is 1. The number of nitrogens with zero attached hydrogens (tertiary/aromatic N) is 6. The van der Waals surface area contributed by atoms with Gasteiger partial charge in [0.15, 0.2) is 11.9 Å². The van der Waals surface area contributed by atoms with Crippen molar-refractivity contribution in [1.29, 1.82) is 0 Å². The molecule has 0 bridgehead atoms. The molecule has 8 rings (SSSR count). The van der Waals surface area contributed by atoms with Crippen molar-refractivity contribution >= 4 is 129 Å². The zero-order valence-corrected chi connectivity index (χ0v) is 75.7. The number of aliphatic hydroxyl groups excluding tert-OH is 1. The average Bonchev–Trinajstić information content (AvgIpc) is 1.60. The molecule has 3 aliphatic rings. The van der Waals surface area contributed by atoms with Crippen LogP contribution in [0.15, 0.2) is 85.2 Å². The molecular formula is C89H129N19O19S. The Morgan fingerprint density at radius 2 is 1.16 bits per heavy atom. The second-order valence-corrected chi connectivity index (χ2v) is 35.6. The van der Waals surface area contributed by atoms with Crippen LogP contribution in [-0.4, -0.2) is 293 Å². The number of carbonyl (C=O) groups excluding carboxylic acids is 15. The highest BCUT2D eigenvalue weighted by atomic mass is 32.2. The molecular weight excluding hydrogens is 1670 g/mol. The second kappa shape index (κ2) is 47.5. The molecule has 1 unspecified atom stereocenters. The molecule has 15 atom stereocenters. The molecule has 0 aliphatic carbocycles. The van der Waals surface area contributed by atoms with Crippen LogP contribution in [-0.2, 0) is 103 Å². The molecule has 3 saturated heterocycles. The maximum Gasteiger partial charge on any atom is 0.323 e. The van der Waals surface area contributed by atoms with E-state index >= 15 is 28.8 Å². The minimum atomic E-state index is -2.28. The summed E-state index contributed by atoms with van der Waals surface area (Å²) in [6.07, 6.45) is 1.95. The van der Waals surface area contributed by atoms with E-state index in [0.717, 1.165) is 26.5 Å². The van der Waals surface area contributed by atoms with Gasteiger partial charge in [-0.05, 0) is 125 Å². The fourth-order valence-electron chi connectivity index (χ4n) is 16.7. The van der Waals surface area contributed by atoms with Crippen molar-refractivity contribution < 1.29 is 92.0 Å². The highest BCUT2D eigenvalue weighted by Gasteiger charge is 2.52. The van der Waals surface area contributed by atoms with E-state index in [1.54, 1.807) is 75.5 Å². The number of para-hydroxylation sites is 2. The van der Waals surface area contributed by atoms with Gasteiger partial charge in [-0.2, -0.15) is 0 Å². The molecule has 5 aromatic rings. The van der Waals surface area contributed by atoms with Gasteiger partial charge in [0.2, 0.25) is 82.7 Å². The van der Waals surface area contributed by atoms with E-state index in [1.165, 1.54) is 72.9 Å². The molecule has 38 nitrogen and oxygen atoms in total. The number of hydrogen-bond acceptors (Lipinski definition) is 22. The summed E-state index contributed by atoms with van der Waals surface area (Å²) >= 11 is 1.10. The SMILES string of the molecule is CCCC[C@H]1C(=O)N(C)[C@@H](CCCC)C(=O)N[C@@H](CC(C)C)C(=O)N[C@H](C)CSCC(=O)N[C@@H](Cc2ccc(O)cc2)C(=O)N(C)[C@@H](C)C(=O)N[C@@H](CC(N)=O)C(=O)N2CCC[C@@H]2C(=O)N[C@@H](CN)C(=O)N[C@H](CC(C)C)C(=O)N2C[C@@H](O)CC2(C=O)N[C@@H](Cc2c[nH]c3ccccc23)C(=O)N[C@@H](CCN)C(=O)N[C@@H](Cc2cn(CC(=O)O)c3ccccc23)C(=O)N1C. The Morgan fingerprint density at radius 1 is 0.594 bits per heavy atom. The minimum absolute atomic E-state index is 0.00321. The number of nitrogens with one attached hydrogen (secondary N) is 10. The van der Waals surface area contributed by atoms with Gasteiger partial charge < -0.3 is 109 Å². The fraction of sp³-hybridized carbons (Fsp3) is 0.573. The molecule has 0 saturated carbocycles. The van der Waals surface area contributed by atoms with Crippen molar-refractivity contribution in [2.45, 2.75) is 255 Å². The molecule has 0 radical (unpaired) electrons. The number of unbranched alkanes of at least 4 members (excludes halogenated alkanes) is 2. The van der Waals surface area contributed by atoms with Crippen LogP contribution in [0.5, 0.6) is 5.75 Å². The van der Waals surface area contributed by atoms with Gasteiger partial charge in [-0.15, -0.1) is 11.8 Å². The van der Waals surface area contributed by atoms with E-state index in [9.17, 15) is 63.3 Å². The van der Waals surface area contributed by atoms with Crippen molar-refractivity contribution in [3.8, 4) is 5.75 Å². The Bertz CT molecular complexity index is 4770. The Morgan fingerprint density at radius 3 is 1.80 bits per heavy atom. The first-order chi connectivity index (χ1) is 60.8. The third kappa shape index (κ3) is 27.0. The third-order valence-electron chi connectivity index (χ3n) is 23.6. The quantitative estimate of drug-likeness (QED) is 0.0366. The van der Waals surface area contributed by atoms with Gasteiger partial charge in [0.25, 0.3) is 0 Å². The van der Waals surface area contributed by atoms with E-state index in [4.69, 9.17) is 17.2 Å². The monoisotopic (exact) mass is 1800 g/mol. The number of primary amides is 1. The van der Waals surface area contributed by atoms with Crippen molar-refractivity contribution in [3.05, 3.63) is 102 Å². The van der Waals surface area contributed by atoms with Crippen LogP contribution in [0.25, 0.3) is 21.8 Å². The molecule has 700 valence electrons. The number of amides is 14. The summed E-state index contributed by atoms with van der Waals surface area (Å²) in [5, 5.41) is 58.3. The van der Waals surface area contributed by atoms with Crippen LogP contribution in [0, 0.1) is 11.8 Å². The van der Waals surface area contributed by atoms with E-state index in [-0.39, 0.29) is 100 Å². The van der Waals surface area contributed by atoms with E-state index < -0.39 is 217 Å². The second-order valence-electron chi connectivity index (χ2n) is 34.6. The minimum Gasteiger partial charge on any atom is -0.508 e. The van der Waals surface area contributed by atoms with E-state index in [0.29, 0.717) is 70.5 Å². The number of phenols is 1. The standard InChI is InChI=1S/C89H129N19O19S/c1-12-14-24-71-82(121)97-63(35-50(3)4)79(118)94-52(7)47-128-48-75(113)95-66(37-54-28-30-57(110)31-29-54)84(123)103(9)53(8)77(116)98-68(40-74(92)112)86(125)107-34-20-27-72(107)83(122)101-69(42-91)81(120)99-65(36-51(5)6)87(126)108-45-58(111)41-89(108,49-109)102-64(38-55-43-93-61-23-18-16-21-59(55)61)80(119)96-62(32-33-90)78(117)100-67(85(124)105(11)73(25-15-13-2)88(127)104(71)10)39-56-44-106(46-76(114)115)70-26-19-17-22-60(56)70/h16-19,21-23,26,28-31,43-44,49-53,58,62-69,71-73,93,102,110-111H,12-15,20,24-25,27,32-42,45-48,90-91H2,1-11H3,(H2,92,112)(H,94,118)(H,95,113)(H,96,119)(H,97,121)(H,98,116)(H,99,120)(H,100,117)(H,101,122)(H,114,115)/t52-,53+,58+,62+,63+,64+,65-,66+,67+,68+,69+,71+,72-,73+,89?/m1/s1. The number of aliphatic carboxylic acids is 1. The van der Waals surface area contributed by atoms with Crippen molar-refractivity contribution in [3.63, 3.8) is 0 Å². The molecule has 5 heterocycles. The van der Waals surface area contributed by atoms with Crippen LogP contribution < -0.4 is 65.1 Å². The number of fused-ring (bicyclic) bond motifs is 4. The lowest BCUT2D eigenvalue weighted by molar-refractivity contribution is -0.149. The number of aliphatic hydroxyl groups is 1. The van der Waals surface area contributed by atoms with Crippen molar-refractivity contribution in [1.82, 2.24) is 81.9 Å². The lowest BCUT2D eigenvalue weighted by Crippen LogP contribution is -2.67. The molecule has 128 heavy (non-hydrogen) atoms. The first-order valence-corrected chi connectivity index (χ1v) is 45.1. The number of aldehydes is 1. The average molecular weight is 1800 g/mol. The Labute approximate surface area is 749 Å². The number of thioether (sulfide) groups is 1. The largest absolute Gasteiger partial charge is 0.508 e. The molecule has 3 fully saturated rings. The van der Waals surface area contributed by atoms with E-state index in [1.807, 2.05) is 27.7 Å². The number of aromatic nitrogens is 2. The summed E-state index contributed by atoms with van der Waals surface area (Å²) in [6, 6.07) is 1.47. The maximum atomic E-state index is 15.9. The normalized spacial score (nSPS) is 26.2. The predicted molar refractivity (Wildman–Crippen MR) is 478 cm³/mol. The Hall–Kier alpha value is -11.6. The van der Waals surface area contributed by atoms with Gasteiger partial charge in [0, 0.05) is 106 Å². The van der Waals surface area contributed by atoms with Gasteiger partial charge in [0.1, 0.15) is 78.8 Å². The fourth-order valence-corrected chi connectivity index (χ4v) is 17.5. The number of hydrogen-bond donors (Lipinski definition) is 16. The molecule has 19 N–H and O–H groups in total. The lowest BCUT2D eigenvalue weighted by Gasteiger charge is -2.39. The van der Waals surface area contributed by atoms with Gasteiger partial charge in [0.05, 0.1) is 24.3 Å². The molecule has 3 aromatic carbocycles. The van der Waals surface area contributed by atoms with Crippen molar-refractivity contribution in [2.75, 3.05) is 58.8 Å². The number of carboxylic acids is 1. The van der Waals surface area contributed by atoms with Crippen LogP contribution >= 0.6 is 11.8 Å². The molecule has 0 spiro atoms. The number of nitrogens with two attached hydrogens (primary N) is 3. The Balaban J connectivity index is 1.20. The summed E-state index contributed by atoms with van der Waals surface area (Å²) in [6.45, 7) is 12.0. The highest BCUT2D eigenvalue weighted by molar-refractivity contribution is 8.00. The van der Waals surface area contributed by atoms with Gasteiger partial charge in [-0.1, -0.05) is 116 Å². The van der Waals surface area contributed by atoms with E-state index in [2.05, 4.69) is 52.8 Å². The first kappa shape index (κ1) is 102. The smallest absolute Gasteiger partial charge is 0.323 e. The van der Waals surface area contributed by atoms with Crippen LogP contribution in [0.1, 0.15) is 156 Å². The number of aromatic hydroxyl groups is 1. The summed E-state index contributed by atoms with van der Waals surface area (Å²) in [5.74, 6) is -13.9.